The maximum Gasteiger partial charge on any atom is 0.303 e. The van der Waals surface area contributed by atoms with E-state index < -0.39 is 11.9 Å². The Hall–Kier alpha value is -1.52. The van der Waals surface area contributed by atoms with E-state index in [1.807, 2.05) is 0 Å². The van der Waals surface area contributed by atoms with Gasteiger partial charge in [0, 0.05) is 24.2 Å². The zero-order valence-corrected chi connectivity index (χ0v) is 14.1. The van der Waals surface area contributed by atoms with E-state index in [-0.39, 0.29) is 0 Å². The highest BCUT2D eigenvalue weighted by atomic mass is 16.4. The molecule has 0 unspecified atom stereocenters. The molecule has 0 aliphatic carbocycles. The molecule has 132 valence electrons. The van der Waals surface area contributed by atoms with Crippen molar-refractivity contribution in [3.63, 3.8) is 0 Å². The number of unbranched alkanes of at least 4 members (excludes halogenated alkanes) is 8. The van der Waals surface area contributed by atoms with Crippen LogP contribution in [0.1, 0.15) is 89.9 Å². The molecule has 3 N–H and O–H groups in total. The lowest BCUT2D eigenvalue weighted by atomic mass is 10.1. The molecule has 0 saturated carbocycles. The van der Waals surface area contributed by atoms with Gasteiger partial charge in [-0.05, 0) is 38.5 Å². The third-order valence-corrected chi connectivity index (χ3v) is 4.24. The van der Waals surface area contributed by atoms with Crippen LogP contribution in [-0.2, 0) is 9.59 Å². The van der Waals surface area contributed by atoms with Gasteiger partial charge < -0.3 is 15.5 Å². The number of allylic oxidation sites excluding steroid dienone is 2. The first kappa shape index (κ1) is 19.5. The Morgan fingerprint density at radius 3 is 1.35 bits per heavy atom. The summed E-state index contributed by atoms with van der Waals surface area (Å²) in [6.45, 7) is 0. The van der Waals surface area contributed by atoms with Crippen LogP contribution in [0.3, 0.4) is 0 Å². The van der Waals surface area contributed by atoms with Crippen molar-refractivity contribution in [3.8, 4) is 0 Å². The summed E-state index contributed by atoms with van der Waals surface area (Å²) in [5.74, 6) is -1.38. The van der Waals surface area contributed by atoms with Gasteiger partial charge in [0.1, 0.15) is 0 Å². The van der Waals surface area contributed by atoms with Crippen molar-refractivity contribution in [2.45, 2.75) is 89.9 Å². The van der Waals surface area contributed by atoms with E-state index >= 15 is 0 Å². The summed E-state index contributed by atoms with van der Waals surface area (Å²) in [6.07, 6.45) is 13.5. The lowest BCUT2D eigenvalue weighted by molar-refractivity contribution is -0.138. The highest BCUT2D eigenvalue weighted by molar-refractivity contribution is 5.66. The first-order valence-electron chi connectivity index (χ1n) is 9.02. The second kappa shape index (κ2) is 12.0. The molecule has 1 heterocycles. The molecule has 23 heavy (non-hydrogen) atoms. The summed E-state index contributed by atoms with van der Waals surface area (Å²) >= 11 is 0. The average Bonchev–Trinajstić information content (AvgIpc) is 3.23. The van der Waals surface area contributed by atoms with Gasteiger partial charge in [-0.2, -0.15) is 0 Å². The maximum absolute atomic E-state index is 10.4. The molecule has 0 saturated heterocycles. The number of aliphatic carboxylic acids is 2. The molecule has 1 rings (SSSR count). The lowest BCUT2D eigenvalue weighted by Crippen LogP contribution is -1.93. The van der Waals surface area contributed by atoms with E-state index in [0.717, 1.165) is 51.4 Å². The zero-order valence-electron chi connectivity index (χ0n) is 14.1. The topological polar surface area (TPSA) is 96.5 Å². The van der Waals surface area contributed by atoms with Crippen LogP contribution in [0.2, 0.25) is 0 Å². The van der Waals surface area contributed by atoms with Gasteiger partial charge in [-0.15, -0.1) is 0 Å². The molecule has 0 atom stereocenters. The largest absolute Gasteiger partial charge is 0.481 e. The Morgan fingerprint density at radius 2 is 0.957 bits per heavy atom. The van der Waals surface area contributed by atoms with E-state index in [0.29, 0.717) is 12.8 Å². The van der Waals surface area contributed by atoms with E-state index in [9.17, 15) is 9.59 Å². The first-order valence-corrected chi connectivity index (χ1v) is 9.02. The Labute approximate surface area is 139 Å². The SMILES string of the molecule is O=C(O)CCCCCCCC1=C(CCCCCCCC(=O)O)N1. The number of carboxylic acids is 2. The molecule has 0 fully saturated rings. The van der Waals surface area contributed by atoms with Gasteiger partial charge in [0.2, 0.25) is 0 Å². The summed E-state index contributed by atoms with van der Waals surface area (Å²) in [4.78, 5) is 20.7. The molecule has 0 amide bonds. The van der Waals surface area contributed by atoms with E-state index in [2.05, 4.69) is 5.32 Å². The smallest absolute Gasteiger partial charge is 0.303 e. The Kier molecular flexibility index (Phi) is 10.2. The molecule has 0 bridgehead atoms. The van der Waals surface area contributed by atoms with Gasteiger partial charge in [-0.3, -0.25) is 9.59 Å². The fourth-order valence-corrected chi connectivity index (χ4v) is 2.79. The van der Waals surface area contributed by atoms with Crippen LogP contribution in [-0.4, -0.2) is 22.2 Å². The van der Waals surface area contributed by atoms with Crippen molar-refractivity contribution in [1.29, 1.82) is 0 Å². The molecular weight excluding hydrogens is 294 g/mol. The van der Waals surface area contributed by atoms with Crippen LogP contribution in [0.5, 0.6) is 0 Å². The van der Waals surface area contributed by atoms with Crippen LogP contribution in [0.4, 0.5) is 0 Å². The van der Waals surface area contributed by atoms with Gasteiger partial charge in [-0.25, -0.2) is 0 Å². The molecule has 5 heteroatoms. The quantitative estimate of drug-likeness (QED) is 0.365. The van der Waals surface area contributed by atoms with Crippen molar-refractivity contribution in [1.82, 2.24) is 5.32 Å². The van der Waals surface area contributed by atoms with Crippen molar-refractivity contribution < 1.29 is 19.8 Å². The molecule has 0 radical (unpaired) electrons. The summed E-state index contributed by atoms with van der Waals surface area (Å²) in [5.41, 5.74) is 2.84. The molecule has 1 aliphatic rings. The fraction of sp³-hybridized carbons (Fsp3) is 0.778. The van der Waals surface area contributed by atoms with Crippen LogP contribution in [0.15, 0.2) is 11.4 Å². The Balaban J connectivity index is 1.84. The van der Waals surface area contributed by atoms with Crippen molar-refractivity contribution in [2.24, 2.45) is 0 Å². The van der Waals surface area contributed by atoms with Crippen LogP contribution >= 0.6 is 0 Å². The number of nitrogens with one attached hydrogen (secondary N) is 1. The second-order valence-electron chi connectivity index (χ2n) is 6.41. The predicted molar refractivity (Wildman–Crippen MR) is 90.1 cm³/mol. The normalized spacial score (nSPS) is 13.0. The highest BCUT2D eigenvalue weighted by Gasteiger charge is 2.18. The summed E-state index contributed by atoms with van der Waals surface area (Å²) < 4.78 is 0. The monoisotopic (exact) mass is 325 g/mol. The van der Waals surface area contributed by atoms with Crippen LogP contribution in [0, 0.1) is 0 Å². The molecule has 0 aromatic carbocycles. The van der Waals surface area contributed by atoms with E-state index in [1.54, 1.807) is 0 Å². The van der Waals surface area contributed by atoms with Crippen molar-refractivity contribution >= 4 is 11.9 Å². The third kappa shape index (κ3) is 11.7. The van der Waals surface area contributed by atoms with Gasteiger partial charge in [0.25, 0.3) is 0 Å². The number of hydrogen-bond donors (Lipinski definition) is 3. The standard InChI is InChI=1S/C18H31NO4/c20-17(21)13-9-5-1-3-7-11-15-16(19-15)12-8-4-2-6-10-14-18(22)23/h19H,1-14H2,(H,20,21)(H,22,23). The minimum atomic E-state index is -0.691. The Morgan fingerprint density at radius 1 is 0.609 bits per heavy atom. The average molecular weight is 325 g/mol. The molecule has 1 aliphatic heterocycles. The van der Waals surface area contributed by atoms with Gasteiger partial charge >= 0.3 is 11.9 Å². The van der Waals surface area contributed by atoms with Crippen molar-refractivity contribution in [3.05, 3.63) is 11.4 Å². The number of carbonyl (C=O) groups is 2. The fourth-order valence-electron chi connectivity index (χ4n) is 2.79. The molecule has 5 nitrogen and oxygen atoms in total. The minimum absolute atomic E-state index is 0.299. The second-order valence-corrected chi connectivity index (χ2v) is 6.41. The summed E-state index contributed by atoms with van der Waals surface area (Å²) in [6, 6.07) is 0. The van der Waals surface area contributed by atoms with E-state index in [4.69, 9.17) is 10.2 Å². The van der Waals surface area contributed by atoms with Gasteiger partial charge in [0.15, 0.2) is 0 Å². The van der Waals surface area contributed by atoms with Crippen LogP contribution < -0.4 is 5.32 Å². The first-order chi connectivity index (χ1) is 11.1. The molecule has 0 aromatic heterocycles. The predicted octanol–water partition coefficient (Wildman–Crippen LogP) is 4.43. The third-order valence-electron chi connectivity index (χ3n) is 4.24. The number of carboxylic acid groups (broad SMARTS) is 2. The van der Waals surface area contributed by atoms with Crippen molar-refractivity contribution in [2.75, 3.05) is 0 Å². The summed E-state index contributed by atoms with van der Waals surface area (Å²) in [5, 5.41) is 20.5. The summed E-state index contributed by atoms with van der Waals surface area (Å²) in [7, 11) is 0. The maximum atomic E-state index is 10.4. The molecule has 0 aromatic rings. The minimum Gasteiger partial charge on any atom is -0.481 e. The van der Waals surface area contributed by atoms with Crippen LogP contribution in [0.25, 0.3) is 0 Å². The Bertz CT molecular complexity index is 368. The molecule has 0 spiro atoms. The highest BCUT2D eigenvalue weighted by Crippen LogP contribution is 2.26. The van der Waals surface area contributed by atoms with Gasteiger partial charge in [0.05, 0.1) is 0 Å². The number of hydrogen-bond acceptors (Lipinski definition) is 3. The zero-order chi connectivity index (χ0) is 16.9. The van der Waals surface area contributed by atoms with E-state index in [1.165, 1.54) is 37.1 Å². The number of rotatable bonds is 16. The molecular formula is C18H31NO4. The lowest BCUT2D eigenvalue weighted by Gasteiger charge is -1.98. The van der Waals surface area contributed by atoms with Gasteiger partial charge in [-0.1, -0.05) is 38.5 Å².